The van der Waals surface area contributed by atoms with Crippen molar-refractivity contribution in [3.8, 4) is 0 Å². The first-order chi connectivity index (χ1) is 12.1. The summed E-state index contributed by atoms with van der Waals surface area (Å²) >= 11 is 5.15. The van der Waals surface area contributed by atoms with Crippen molar-refractivity contribution >= 4 is 49.2 Å². The molecule has 0 bridgehead atoms. The normalized spacial score (nSPS) is 15.0. The molecule has 25 heavy (non-hydrogen) atoms. The number of carbonyl (C=O) groups excluding carboxylic acids is 1. The van der Waals surface area contributed by atoms with Crippen LogP contribution in [0.5, 0.6) is 0 Å². The van der Waals surface area contributed by atoms with Gasteiger partial charge in [0.2, 0.25) is 0 Å². The lowest BCUT2D eigenvalue weighted by atomic mass is 10.2. The van der Waals surface area contributed by atoms with E-state index in [0.717, 1.165) is 33.6 Å². The predicted molar refractivity (Wildman–Crippen MR) is 104 cm³/mol. The number of aromatic nitrogens is 2. The van der Waals surface area contributed by atoms with Gasteiger partial charge in [0, 0.05) is 35.5 Å². The Morgan fingerprint density at radius 2 is 1.92 bits per heavy atom. The second kappa shape index (κ2) is 6.72. The van der Waals surface area contributed by atoms with Crippen LogP contribution in [-0.2, 0) is 0 Å². The minimum absolute atomic E-state index is 0.0753. The summed E-state index contributed by atoms with van der Waals surface area (Å²) in [4.78, 5) is 28.0. The summed E-state index contributed by atoms with van der Waals surface area (Å²) in [6.45, 7) is 5.02. The number of piperazine rings is 1. The highest BCUT2D eigenvalue weighted by atomic mass is 79.9. The van der Waals surface area contributed by atoms with E-state index >= 15 is 0 Å². The number of hydrogen-bond acceptors (Lipinski definition) is 5. The molecule has 0 radical (unpaired) electrons. The molecule has 7 heteroatoms. The second-order valence-corrected chi connectivity index (χ2v) is 8.12. The lowest BCUT2D eigenvalue weighted by Gasteiger charge is -2.35. The predicted octanol–water partition coefficient (Wildman–Crippen LogP) is 3.72. The van der Waals surface area contributed by atoms with Crippen molar-refractivity contribution in [1.82, 2.24) is 14.9 Å². The fourth-order valence-corrected chi connectivity index (χ4v) is 4.44. The zero-order valence-electron chi connectivity index (χ0n) is 13.8. The van der Waals surface area contributed by atoms with E-state index in [0.29, 0.717) is 18.7 Å². The molecule has 3 heterocycles. The van der Waals surface area contributed by atoms with Crippen LogP contribution in [0.15, 0.2) is 41.1 Å². The van der Waals surface area contributed by atoms with Crippen LogP contribution in [0, 0.1) is 6.92 Å². The molecule has 1 fully saturated rings. The van der Waals surface area contributed by atoms with Crippen molar-refractivity contribution in [2.45, 2.75) is 6.92 Å². The number of amides is 1. The number of thiophene rings is 1. The molecule has 5 nitrogen and oxygen atoms in total. The molecule has 1 aromatic carbocycles. The number of fused-ring (bicyclic) bond motifs is 1. The van der Waals surface area contributed by atoms with Gasteiger partial charge in [-0.3, -0.25) is 4.79 Å². The van der Waals surface area contributed by atoms with Gasteiger partial charge in [0.15, 0.2) is 0 Å². The zero-order chi connectivity index (χ0) is 17.4. The van der Waals surface area contributed by atoms with E-state index in [1.165, 1.54) is 4.88 Å². The molecule has 0 saturated carbocycles. The Morgan fingerprint density at radius 1 is 1.16 bits per heavy atom. The van der Waals surface area contributed by atoms with E-state index in [1.54, 1.807) is 17.7 Å². The van der Waals surface area contributed by atoms with Crippen LogP contribution < -0.4 is 4.90 Å². The Hall–Kier alpha value is -1.99. The van der Waals surface area contributed by atoms with E-state index in [2.05, 4.69) is 43.8 Å². The number of hydrogen-bond donors (Lipinski definition) is 0. The third kappa shape index (κ3) is 3.14. The van der Waals surface area contributed by atoms with Crippen LogP contribution in [0.3, 0.4) is 0 Å². The molecule has 1 amide bonds. The van der Waals surface area contributed by atoms with Crippen LogP contribution in [0.1, 0.15) is 15.2 Å². The highest BCUT2D eigenvalue weighted by Gasteiger charge is 2.25. The number of nitrogens with zero attached hydrogens (tertiary/aromatic N) is 4. The highest BCUT2D eigenvalue weighted by molar-refractivity contribution is 9.10. The average molecular weight is 417 g/mol. The molecule has 1 aliphatic rings. The van der Waals surface area contributed by atoms with Crippen molar-refractivity contribution in [3.63, 3.8) is 0 Å². The minimum Gasteiger partial charge on any atom is -0.352 e. The maximum atomic E-state index is 12.7. The number of halogens is 1. The van der Waals surface area contributed by atoms with Crippen molar-refractivity contribution < 1.29 is 4.79 Å². The van der Waals surface area contributed by atoms with Gasteiger partial charge in [-0.2, -0.15) is 0 Å². The van der Waals surface area contributed by atoms with Crippen molar-refractivity contribution in [2.24, 2.45) is 0 Å². The Bertz CT molecular complexity index is 934. The number of carbonyl (C=O) groups is 1. The van der Waals surface area contributed by atoms with Crippen LogP contribution in [0.4, 0.5) is 5.82 Å². The first-order valence-electron chi connectivity index (χ1n) is 8.13. The molecular weight excluding hydrogens is 400 g/mol. The molecule has 2 aromatic heterocycles. The molecule has 1 saturated heterocycles. The van der Waals surface area contributed by atoms with Crippen LogP contribution in [-0.4, -0.2) is 47.0 Å². The summed E-state index contributed by atoms with van der Waals surface area (Å²) in [7, 11) is 0. The van der Waals surface area contributed by atoms with Crippen molar-refractivity contribution in [1.29, 1.82) is 0 Å². The largest absolute Gasteiger partial charge is 0.352 e. The molecule has 128 valence electrons. The Labute approximate surface area is 158 Å². The minimum atomic E-state index is 0.0753. The summed E-state index contributed by atoms with van der Waals surface area (Å²) < 4.78 is 0.841. The van der Waals surface area contributed by atoms with Gasteiger partial charge in [-0.05, 0) is 41.1 Å². The number of benzene rings is 1. The lowest BCUT2D eigenvalue weighted by Crippen LogP contribution is -2.49. The Kier molecular flexibility index (Phi) is 4.43. The van der Waals surface area contributed by atoms with E-state index in [-0.39, 0.29) is 5.91 Å². The highest BCUT2D eigenvalue weighted by Crippen LogP contribution is 2.30. The van der Waals surface area contributed by atoms with Crippen molar-refractivity contribution in [3.05, 3.63) is 51.6 Å². The monoisotopic (exact) mass is 416 g/mol. The molecule has 0 atom stereocenters. The quantitative estimate of drug-likeness (QED) is 0.638. The average Bonchev–Trinajstić information content (AvgIpc) is 3.02. The van der Waals surface area contributed by atoms with E-state index < -0.39 is 0 Å². The maximum Gasteiger partial charge on any atom is 0.255 e. The molecular formula is C18H17BrN4OS. The topological polar surface area (TPSA) is 49.3 Å². The fraction of sp³-hybridized carbons (Fsp3) is 0.278. The molecule has 1 aliphatic heterocycles. The standard InChI is InChI=1S/C18H17BrN4OS/c1-12-10-14-16(20-11-21-17(14)25-12)22-6-8-23(9-7-22)18(24)13-4-2-3-5-15(13)19/h2-5,10-11H,6-9H2,1H3. The SMILES string of the molecule is Cc1cc2c(N3CCN(C(=O)c4ccccc4Br)CC3)ncnc2s1. The summed E-state index contributed by atoms with van der Waals surface area (Å²) in [5, 5.41) is 1.11. The number of rotatable bonds is 2. The molecule has 0 N–H and O–H groups in total. The van der Waals surface area contributed by atoms with Gasteiger partial charge in [-0.25, -0.2) is 9.97 Å². The van der Waals surface area contributed by atoms with Crippen LogP contribution in [0.25, 0.3) is 10.2 Å². The summed E-state index contributed by atoms with van der Waals surface area (Å²) in [5.74, 6) is 1.05. The van der Waals surface area contributed by atoms with Gasteiger partial charge in [0.1, 0.15) is 17.0 Å². The van der Waals surface area contributed by atoms with Gasteiger partial charge >= 0.3 is 0 Å². The van der Waals surface area contributed by atoms with Crippen LogP contribution in [0.2, 0.25) is 0 Å². The molecule has 0 spiro atoms. The molecule has 4 rings (SSSR count). The molecule has 3 aromatic rings. The first-order valence-corrected chi connectivity index (χ1v) is 9.74. The summed E-state index contributed by atoms with van der Waals surface area (Å²) in [6.07, 6.45) is 1.63. The number of aryl methyl sites for hydroxylation is 1. The first kappa shape index (κ1) is 16.5. The van der Waals surface area contributed by atoms with E-state index in [9.17, 15) is 4.79 Å². The maximum absolute atomic E-state index is 12.7. The second-order valence-electron chi connectivity index (χ2n) is 6.03. The Balaban J connectivity index is 1.51. The number of anilines is 1. The third-order valence-electron chi connectivity index (χ3n) is 4.40. The van der Waals surface area contributed by atoms with Gasteiger partial charge in [-0.15, -0.1) is 11.3 Å². The van der Waals surface area contributed by atoms with E-state index in [1.807, 2.05) is 29.2 Å². The molecule has 0 unspecified atom stereocenters. The van der Waals surface area contributed by atoms with Gasteiger partial charge < -0.3 is 9.80 Å². The van der Waals surface area contributed by atoms with Crippen LogP contribution >= 0.6 is 27.3 Å². The van der Waals surface area contributed by atoms with E-state index in [4.69, 9.17) is 0 Å². The van der Waals surface area contributed by atoms with Gasteiger partial charge in [-0.1, -0.05) is 12.1 Å². The third-order valence-corrected chi connectivity index (χ3v) is 6.05. The summed E-state index contributed by atoms with van der Waals surface area (Å²) in [6, 6.07) is 9.72. The fourth-order valence-electron chi connectivity index (χ4n) is 3.14. The lowest BCUT2D eigenvalue weighted by molar-refractivity contribution is 0.0745. The molecule has 0 aliphatic carbocycles. The Morgan fingerprint density at radius 3 is 2.68 bits per heavy atom. The summed E-state index contributed by atoms with van der Waals surface area (Å²) in [5.41, 5.74) is 0.717. The van der Waals surface area contributed by atoms with Gasteiger partial charge in [0.25, 0.3) is 5.91 Å². The van der Waals surface area contributed by atoms with Crippen molar-refractivity contribution in [2.75, 3.05) is 31.1 Å². The van der Waals surface area contributed by atoms with Gasteiger partial charge in [0.05, 0.1) is 10.9 Å². The zero-order valence-corrected chi connectivity index (χ0v) is 16.2. The smallest absolute Gasteiger partial charge is 0.255 e.